The van der Waals surface area contributed by atoms with Gasteiger partial charge in [0.2, 0.25) is 0 Å². The molecule has 17 heavy (non-hydrogen) atoms. The van der Waals surface area contributed by atoms with Crippen molar-refractivity contribution in [1.82, 2.24) is 0 Å². The Kier molecular flexibility index (Phi) is 14.2. The number of aliphatic imine (C=N–C) groups is 1. The van der Waals surface area contributed by atoms with Crippen LogP contribution in [0.25, 0.3) is 0 Å². The van der Waals surface area contributed by atoms with E-state index < -0.39 is 20.6 Å². The molecule has 0 saturated carbocycles. The molecule has 0 fully saturated rings. The van der Waals surface area contributed by atoms with Crippen molar-refractivity contribution in [2.75, 3.05) is 19.8 Å². The Morgan fingerprint density at radius 3 is 2.12 bits per heavy atom. The molecule has 0 spiro atoms. The quantitative estimate of drug-likeness (QED) is 0.236. The molecule has 0 atom stereocenters. The van der Waals surface area contributed by atoms with E-state index in [9.17, 15) is 4.79 Å². The van der Waals surface area contributed by atoms with Crippen LogP contribution in [0.3, 0.4) is 0 Å². The fourth-order valence-electron chi connectivity index (χ4n) is 1.19. The molecule has 0 aliphatic heterocycles. The van der Waals surface area contributed by atoms with Crippen LogP contribution < -0.4 is 0 Å². The van der Waals surface area contributed by atoms with Gasteiger partial charge in [-0.3, -0.25) is 0 Å². The van der Waals surface area contributed by atoms with Crippen molar-refractivity contribution >= 4 is 26.7 Å². The Morgan fingerprint density at radius 2 is 1.65 bits per heavy atom. The third kappa shape index (κ3) is 12.3. The maximum absolute atomic E-state index is 9.93. The Balaban J connectivity index is 3.70. The summed E-state index contributed by atoms with van der Waals surface area (Å²) in [6, 6.07) is 0. The summed E-state index contributed by atoms with van der Waals surface area (Å²) in [5.41, 5.74) is 0. The van der Waals surface area contributed by atoms with Gasteiger partial charge in [0.05, 0.1) is 0 Å². The Labute approximate surface area is 113 Å². The van der Waals surface area contributed by atoms with Crippen molar-refractivity contribution in [3.8, 4) is 0 Å². The van der Waals surface area contributed by atoms with Crippen molar-refractivity contribution in [1.29, 1.82) is 0 Å². The topological polar surface area (TPSA) is 47.9 Å². The van der Waals surface area contributed by atoms with Crippen molar-refractivity contribution in [3.63, 3.8) is 0 Å². The molecule has 0 aromatic heterocycles. The van der Waals surface area contributed by atoms with Crippen LogP contribution in [0, 0.1) is 0 Å². The molecule has 0 rings (SSSR count). The summed E-state index contributed by atoms with van der Waals surface area (Å²) in [5, 5.41) is 0. The van der Waals surface area contributed by atoms with Gasteiger partial charge in [0, 0.05) is 0 Å². The van der Waals surface area contributed by atoms with Crippen LogP contribution >= 0.6 is 0 Å². The molecule has 5 heteroatoms. The molecule has 0 heterocycles. The Hall–Kier alpha value is 0.0987. The zero-order valence-corrected chi connectivity index (χ0v) is 13.9. The van der Waals surface area contributed by atoms with Gasteiger partial charge in [-0.05, 0) is 0 Å². The zero-order valence-electron chi connectivity index (χ0n) is 11.0. The van der Waals surface area contributed by atoms with E-state index in [1.165, 1.54) is 0 Å². The van der Waals surface area contributed by atoms with Crippen LogP contribution in [0.5, 0.6) is 0 Å². The summed E-state index contributed by atoms with van der Waals surface area (Å²) in [5.74, 6) is 0. The normalized spacial score (nSPS) is 10.5. The molecule has 1 radical (unpaired) electrons. The van der Waals surface area contributed by atoms with E-state index >= 15 is 0 Å². The predicted molar refractivity (Wildman–Crippen MR) is 69.9 cm³/mol. The number of nitrogens with zero attached hydrogens (tertiary/aromatic N) is 1. The van der Waals surface area contributed by atoms with E-state index in [0.717, 1.165) is 49.8 Å². The van der Waals surface area contributed by atoms with Gasteiger partial charge >= 0.3 is 113 Å². The first kappa shape index (κ1) is 17.1. The average Bonchev–Trinajstić information content (AvgIpc) is 2.34. The number of carbonyl (C=O) groups excluding carboxylic acids is 1. The van der Waals surface area contributed by atoms with Crippen molar-refractivity contribution < 1.29 is 10.9 Å². The van der Waals surface area contributed by atoms with E-state index in [1.54, 1.807) is 6.08 Å². The minimum absolute atomic E-state index is 0.557. The molecule has 0 saturated heterocycles. The number of hydrogen-bond donors (Lipinski definition) is 0. The summed E-state index contributed by atoms with van der Waals surface area (Å²) < 4.78 is 12.7. The van der Waals surface area contributed by atoms with Gasteiger partial charge in [0.15, 0.2) is 0 Å². The average molecular weight is 349 g/mol. The number of unbranched alkanes of at least 4 members (excludes halogenated alkanes) is 2. The second-order valence-corrected chi connectivity index (χ2v) is 9.05. The molecule has 99 valence electrons. The number of hydrogen-bond acceptors (Lipinski definition) is 4. The Morgan fingerprint density at radius 1 is 1.06 bits per heavy atom. The van der Waals surface area contributed by atoms with Crippen molar-refractivity contribution in [3.05, 3.63) is 0 Å². The van der Waals surface area contributed by atoms with Gasteiger partial charge in [-0.25, -0.2) is 0 Å². The first-order valence-corrected chi connectivity index (χ1v) is 10.8. The van der Waals surface area contributed by atoms with Crippen LogP contribution in [0.15, 0.2) is 4.99 Å². The standard InChI is InChI=1S/C4H6NO.2C4H9O.Sn/c1-2-3-5-4-6;2*1-2-3-4-5;/h1-3H2;2*2-4H2,1H3;/q;2*-1;+2. The van der Waals surface area contributed by atoms with Crippen LogP contribution in [-0.4, -0.2) is 46.4 Å². The first-order valence-electron chi connectivity index (χ1n) is 6.50. The molecule has 0 amide bonds. The summed E-state index contributed by atoms with van der Waals surface area (Å²) in [6.45, 7) is 6.52. The molecular weight excluding hydrogens is 325 g/mol. The predicted octanol–water partition coefficient (Wildman–Crippen LogP) is 2.83. The van der Waals surface area contributed by atoms with Crippen LogP contribution in [0.1, 0.15) is 46.0 Å². The van der Waals surface area contributed by atoms with Gasteiger partial charge in [-0.1, -0.05) is 0 Å². The van der Waals surface area contributed by atoms with E-state index in [-0.39, 0.29) is 0 Å². The molecule has 0 aromatic carbocycles. The summed E-state index contributed by atoms with van der Waals surface area (Å²) in [6.07, 6.45) is 6.97. The molecular formula is C12H24NO3Sn. The van der Waals surface area contributed by atoms with Crippen LogP contribution in [0.2, 0.25) is 4.44 Å². The SMILES string of the molecule is CCCC[O][Sn]([CH2]CCN=C=O)[O]CCCC. The fourth-order valence-corrected chi connectivity index (χ4v) is 5.66. The number of rotatable bonds is 12. The second-order valence-electron chi connectivity index (χ2n) is 3.85. The molecule has 0 aliphatic rings. The number of isocyanates is 1. The molecule has 0 aliphatic carbocycles. The second kappa shape index (κ2) is 14.2. The fraction of sp³-hybridized carbons (Fsp3) is 0.917. The molecule has 0 unspecified atom stereocenters. The summed E-state index contributed by atoms with van der Waals surface area (Å²) in [7, 11) is 0. The van der Waals surface area contributed by atoms with E-state index in [2.05, 4.69) is 18.8 Å². The van der Waals surface area contributed by atoms with Crippen LogP contribution in [0.4, 0.5) is 0 Å². The molecule has 0 N–H and O–H groups in total. The van der Waals surface area contributed by atoms with Gasteiger partial charge in [0.1, 0.15) is 0 Å². The minimum atomic E-state index is -2.11. The van der Waals surface area contributed by atoms with Crippen molar-refractivity contribution in [2.45, 2.75) is 50.4 Å². The van der Waals surface area contributed by atoms with Gasteiger partial charge in [-0.2, -0.15) is 0 Å². The van der Waals surface area contributed by atoms with Gasteiger partial charge < -0.3 is 0 Å². The third-order valence-corrected chi connectivity index (χ3v) is 7.41. The van der Waals surface area contributed by atoms with E-state index in [1.807, 2.05) is 0 Å². The molecule has 0 aromatic rings. The maximum atomic E-state index is 9.93. The first-order chi connectivity index (χ1) is 8.35. The third-order valence-electron chi connectivity index (χ3n) is 2.24. The summed E-state index contributed by atoms with van der Waals surface area (Å²) in [4.78, 5) is 13.5. The monoisotopic (exact) mass is 350 g/mol. The van der Waals surface area contributed by atoms with Crippen molar-refractivity contribution in [2.24, 2.45) is 4.99 Å². The molecule has 0 bridgehead atoms. The van der Waals surface area contributed by atoms with E-state index in [0.29, 0.717) is 6.54 Å². The van der Waals surface area contributed by atoms with E-state index in [4.69, 9.17) is 6.15 Å². The summed E-state index contributed by atoms with van der Waals surface area (Å²) >= 11 is -2.11. The molecule has 4 nitrogen and oxygen atoms in total. The van der Waals surface area contributed by atoms with Gasteiger partial charge in [0.25, 0.3) is 0 Å². The zero-order chi connectivity index (χ0) is 12.8. The van der Waals surface area contributed by atoms with Gasteiger partial charge in [-0.15, -0.1) is 0 Å². The van der Waals surface area contributed by atoms with Crippen LogP contribution in [-0.2, 0) is 10.9 Å². The Bertz CT molecular complexity index is 198.